The molecule has 17 heteroatoms. The molecule has 354 valence electrons. The Morgan fingerprint density at radius 1 is 0.938 bits per heavy atom. The molecule has 4 amide bonds. The van der Waals surface area contributed by atoms with Crippen molar-refractivity contribution in [3.8, 4) is 11.3 Å². The molecule has 64 heavy (non-hydrogen) atoms. The first-order valence-electron chi connectivity index (χ1n) is 21.2. The standard InChI is InChI=1S/C36H45FN6O4.C6H13NO.C3H8.2CH3NO/c1-22(2)31(47-6)14-32-39-16-29(41-32)24-9-10-30-27(13-24)33(37)34-25(18-44)8-7-23(11-12-43(30)34)28-17-40-35(42-28)26(19-46-5)15-36(3,4)20-38-21-45;1-6(2,3)4-7-5-8;1-3-2;2*2-1-3/h7-11,13,16-18,21-22,26,31,44H,12,14-15,19-20H2,1-6H3,(H,38,45)(H,39,41)(H,40,42);5H,4H2,1-3H3,(H,7,8);3H2,1-2H3;2*1H,(H2,2,3)/b8-7-,23-11+,25-18-;;;;. The zero-order chi connectivity index (χ0) is 48.5. The number of amides is 4. The number of nitrogens with one attached hydrogen (secondary N) is 4. The van der Waals surface area contributed by atoms with E-state index in [1.807, 2.05) is 34.9 Å². The van der Waals surface area contributed by atoms with Crippen LogP contribution in [-0.2, 0) is 41.6 Å². The number of nitrogens with zero attached hydrogens (tertiary/aromatic N) is 3. The van der Waals surface area contributed by atoms with Gasteiger partial charge in [0.05, 0.1) is 54.0 Å². The van der Waals surface area contributed by atoms with Crippen molar-refractivity contribution in [2.75, 3.05) is 33.9 Å². The van der Waals surface area contributed by atoms with E-state index in [0.29, 0.717) is 60.6 Å². The quantitative estimate of drug-likeness (QED) is 0.0454. The number of aromatic amines is 2. The molecule has 4 aromatic rings. The number of allylic oxidation sites excluding steroid dienone is 5. The Kier molecular flexibility index (Phi) is 25.0. The van der Waals surface area contributed by atoms with Crippen molar-refractivity contribution in [3.05, 3.63) is 83.9 Å². The molecule has 0 radical (unpaired) electrons. The molecule has 0 spiro atoms. The molecule has 2 atom stereocenters. The van der Waals surface area contributed by atoms with Crippen LogP contribution in [0.1, 0.15) is 104 Å². The van der Waals surface area contributed by atoms with E-state index in [2.05, 4.69) is 104 Å². The predicted molar refractivity (Wildman–Crippen MR) is 252 cm³/mol. The lowest BCUT2D eigenvalue weighted by Crippen LogP contribution is -2.31. The number of primary amides is 2. The van der Waals surface area contributed by atoms with Gasteiger partial charge in [-0.15, -0.1) is 0 Å². The molecule has 3 aromatic heterocycles. The van der Waals surface area contributed by atoms with Crippen molar-refractivity contribution >= 4 is 47.7 Å². The lowest BCUT2D eigenvalue weighted by Gasteiger charge is -2.28. The van der Waals surface area contributed by atoms with Gasteiger partial charge in [-0.1, -0.05) is 87.0 Å². The van der Waals surface area contributed by atoms with Gasteiger partial charge in [-0.05, 0) is 47.0 Å². The SMILES string of the molecule is CC(C)(C)CNC=O.CCC.COCC(CC(C)(C)CNC=O)c1ncc(C2=C/Cn3c(c(F)c4cc(-c5cnc(CC(OC)C(C)C)[nH]5)ccc43)C(=C\O)/C=C\2)[nH]1.NC=O.NC=O. The van der Waals surface area contributed by atoms with Crippen LogP contribution in [0.5, 0.6) is 0 Å². The molecule has 0 fully saturated rings. The Bertz CT molecular complexity index is 2100. The van der Waals surface area contributed by atoms with Gasteiger partial charge in [0.15, 0.2) is 5.82 Å². The third-order valence-corrected chi connectivity index (χ3v) is 9.57. The fourth-order valence-corrected chi connectivity index (χ4v) is 6.70. The first kappa shape index (κ1) is 55.9. The molecule has 9 N–H and O–H groups in total. The first-order chi connectivity index (χ1) is 30.4. The minimum Gasteiger partial charge on any atom is -0.515 e. The molecule has 0 aliphatic carbocycles. The molecule has 0 saturated carbocycles. The van der Waals surface area contributed by atoms with Crippen molar-refractivity contribution < 1.29 is 38.1 Å². The maximum Gasteiger partial charge on any atom is 0.207 e. The number of carbonyl (C=O) groups excluding carboxylic acids is 4. The molecule has 4 heterocycles. The number of halogens is 1. The van der Waals surface area contributed by atoms with Crippen molar-refractivity contribution in [2.24, 2.45) is 28.2 Å². The number of aliphatic hydroxyl groups excluding tert-OH is 1. The number of fused-ring (bicyclic) bond motifs is 3. The second kappa shape index (κ2) is 28.6. The number of benzene rings is 1. The third kappa shape index (κ3) is 18.0. The maximum atomic E-state index is 16.1. The van der Waals surface area contributed by atoms with E-state index < -0.39 is 5.82 Å². The van der Waals surface area contributed by atoms with Gasteiger partial charge in [-0.3, -0.25) is 19.2 Å². The average Bonchev–Trinajstić information content (AvgIpc) is 3.98. The van der Waals surface area contributed by atoms with E-state index in [1.54, 1.807) is 32.7 Å². The monoisotopic (exact) mass is 894 g/mol. The number of aromatic nitrogens is 5. The van der Waals surface area contributed by atoms with Gasteiger partial charge >= 0.3 is 0 Å². The molecule has 1 aliphatic heterocycles. The van der Waals surface area contributed by atoms with Crippen LogP contribution in [0.4, 0.5) is 4.39 Å². The van der Waals surface area contributed by atoms with Gasteiger partial charge in [0, 0.05) is 62.7 Å². The van der Waals surface area contributed by atoms with E-state index in [-0.39, 0.29) is 35.7 Å². The second-order valence-corrected chi connectivity index (χ2v) is 17.3. The summed E-state index contributed by atoms with van der Waals surface area (Å²) in [7, 11) is 3.37. The summed E-state index contributed by atoms with van der Waals surface area (Å²) in [5, 5.41) is 16.1. The van der Waals surface area contributed by atoms with Crippen LogP contribution in [0.15, 0.2) is 55.1 Å². The number of aliphatic hydroxyl groups is 1. The fourth-order valence-electron chi connectivity index (χ4n) is 6.70. The summed E-state index contributed by atoms with van der Waals surface area (Å²) in [4.78, 5) is 53.8. The Balaban J connectivity index is 0.00000103. The molecular weight excluding hydrogens is 822 g/mol. The smallest absolute Gasteiger partial charge is 0.207 e. The van der Waals surface area contributed by atoms with Crippen LogP contribution in [0, 0.1) is 22.6 Å². The second-order valence-electron chi connectivity index (χ2n) is 17.3. The topological polar surface area (TPSA) is 245 Å². The zero-order valence-corrected chi connectivity index (χ0v) is 39.5. The van der Waals surface area contributed by atoms with Gasteiger partial charge in [0.1, 0.15) is 11.6 Å². The lowest BCUT2D eigenvalue weighted by molar-refractivity contribution is -0.110. The lowest BCUT2D eigenvalue weighted by atomic mass is 9.82. The van der Waals surface area contributed by atoms with Gasteiger partial charge in [0.25, 0.3) is 0 Å². The van der Waals surface area contributed by atoms with Gasteiger partial charge < -0.3 is 51.2 Å². The third-order valence-electron chi connectivity index (χ3n) is 9.57. The van der Waals surface area contributed by atoms with Gasteiger partial charge in [-0.25, -0.2) is 14.4 Å². The summed E-state index contributed by atoms with van der Waals surface area (Å²) in [5.74, 6) is 1.52. The summed E-state index contributed by atoms with van der Waals surface area (Å²) in [6.07, 6.45) is 14.7. The summed E-state index contributed by atoms with van der Waals surface area (Å²) in [6.45, 7) is 21.0. The van der Waals surface area contributed by atoms with Crippen LogP contribution >= 0.6 is 0 Å². The fraction of sp³-hybridized carbons (Fsp3) is 0.489. The molecule has 1 aromatic carbocycles. The van der Waals surface area contributed by atoms with E-state index >= 15 is 4.39 Å². The highest BCUT2D eigenvalue weighted by molar-refractivity contribution is 5.92. The normalized spacial score (nSPS) is 15.0. The summed E-state index contributed by atoms with van der Waals surface area (Å²) >= 11 is 0. The first-order valence-corrected chi connectivity index (χ1v) is 21.2. The van der Waals surface area contributed by atoms with Crippen molar-refractivity contribution in [1.82, 2.24) is 35.1 Å². The highest BCUT2D eigenvalue weighted by Crippen LogP contribution is 2.36. The van der Waals surface area contributed by atoms with E-state index in [9.17, 15) is 14.7 Å². The van der Waals surface area contributed by atoms with Crippen LogP contribution in [0.25, 0.3) is 33.3 Å². The van der Waals surface area contributed by atoms with Gasteiger partial charge in [0.2, 0.25) is 25.6 Å². The summed E-state index contributed by atoms with van der Waals surface area (Å²) < 4.78 is 29.1. The number of hydrogen-bond donors (Lipinski definition) is 7. The van der Waals surface area contributed by atoms with E-state index in [4.69, 9.17) is 19.1 Å². The molecule has 0 saturated heterocycles. The number of H-pyrrole nitrogens is 2. The van der Waals surface area contributed by atoms with Crippen molar-refractivity contribution in [1.29, 1.82) is 0 Å². The van der Waals surface area contributed by atoms with Crippen LogP contribution in [0.2, 0.25) is 0 Å². The summed E-state index contributed by atoms with van der Waals surface area (Å²) in [6, 6.07) is 5.68. The number of carbonyl (C=O) groups is 4. The number of rotatable bonds is 16. The molecule has 16 nitrogen and oxygen atoms in total. The number of methoxy groups -OCH3 is 2. The Labute approximate surface area is 377 Å². The molecule has 1 aliphatic rings. The molecule has 0 bridgehead atoms. The Morgan fingerprint density at radius 3 is 2.08 bits per heavy atom. The Morgan fingerprint density at radius 2 is 1.55 bits per heavy atom. The number of hydrogen-bond acceptors (Lipinski definition) is 9. The van der Waals surface area contributed by atoms with Crippen LogP contribution in [0.3, 0.4) is 0 Å². The minimum absolute atomic E-state index is 0.0194. The van der Waals surface area contributed by atoms with Gasteiger partial charge in [-0.2, -0.15) is 0 Å². The average molecular weight is 894 g/mol. The highest BCUT2D eigenvalue weighted by Gasteiger charge is 2.27. The predicted octanol–water partition coefficient (Wildman–Crippen LogP) is 6.95. The van der Waals surface area contributed by atoms with E-state index in [1.165, 1.54) is 6.42 Å². The number of ether oxygens (including phenoxy) is 2. The molecule has 5 rings (SSSR count). The van der Waals surface area contributed by atoms with E-state index in [0.717, 1.165) is 59.8 Å². The molecule has 2 unspecified atom stereocenters. The highest BCUT2D eigenvalue weighted by atomic mass is 19.1. The summed E-state index contributed by atoms with van der Waals surface area (Å²) in [5.41, 5.74) is 13.0. The molecular formula is C47H72FN9O7. The number of nitrogens with two attached hydrogens (primary N) is 2. The maximum absolute atomic E-state index is 16.1. The van der Waals surface area contributed by atoms with Crippen molar-refractivity contribution in [3.63, 3.8) is 0 Å². The Hall–Kier alpha value is -6.07. The minimum atomic E-state index is -0.402. The zero-order valence-electron chi connectivity index (χ0n) is 39.5. The van der Waals surface area contributed by atoms with Crippen LogP contribution < -0.4 is 22.1 Å². The van der Waals surface area contributed by atoms with Crippen LogP contribution in [-0.4, -0.2) is 95.3 Å². The largest absolute Gasteiger partial charge is 0.515 e. The van der Waals surface area contributed by atoms with Crippen molar-refractivity contribution in [2.45, 2.75) is 100 Å². The number of imidazole rings is 2.